The van der Waals surface area contributed by atoms with Crippen LogP contribution in [0.2, 0.25) is 0 Å². The number of carbonyl (C=O) groups excluding carboxylic acids is 1. The zero-order valence-electron chi connectivity index (χ0n) is 13.9. The van der Waals surface area contributed by atoms with E-state index in [1.165, 1.54) is 4.90 Å². The Balaban J connectivity index is 1.78. The predicted molar refractivity (Wildman–Crippen MR) is 95.0 cm³/mol. The van der Waals surface area contributed by atoms with Crippen LogP contribution >= 0.6 is 0 Å². The number of aryl methyl sites for hydroxylation is 1. The molecule has 2 heterocycles. The maximum atomic E-state index is 12.6. The van der Waals surface area contributed by atoms with E-state index >= 15 is 0 Å². The molecule has 134 valence electrons. The maximum absolute atomic E-state index is 12.6. The summed E-state index contributed by atoms with van der Waals surface area (Å²) in [6, 6.07) is 8.85. The number of benzene rings is 1. The predicted octanol–water partition coefficient (Wildman–Crippen LogP) is 1.47. The number of piperidine rings is 1. The number of anilines is 1. The minimum atomic E-state index is -3.65. The lowest BCUT2D eigenvalue weighted by molar-refractivity contribution is 0.200. The average molecular weight is 363 g/mol. The van der Waals surface area contributed by atoms with Crippen LogP contribution < -0.4 is 10.5 Å². The van der Waals surface area contributed by atoms with Crippen LogP contribution in [-0.2, 0) is 10.0 Å². The quantitative estimate of drug-likeness (QED) is 0.860. The third-order valence-electron chi connectivity index (χ3n) is 4.24. The second kappa shape index (κ2) is 6.85. The normalized spacial score (nSPS) is 18.2. The number of aromatic nitrogens is 2. The number of likely N-dealkylation sites (tertiary alicyclic amines) is 1. The van der Waals surface area contributed by atoms with E-state index in [4.69, 9.17) is 5.14 Å². The van der Waals surface area contributed by atoms with E-state index in [0.717, 1.165) is 11.4 Å². The summed E-state index contributed by atoms with van der Waals surface area (Å²) in [5.74, 6) is 0. The Bertz CT molecular complexity index is 877. The number of urea groups is 1. The maximum Gasteiger partial charge on any atom is 0.321 e. The van der Waals surface area contributed by atoms with Crippen molar-refractivity contribution in [3.63, 3.8) is 0 Å². The van der Waals surface area contributed by atoms with Gasteiger partial charge in [0, 0.05) is 19.3 Å². The fraction of sp³-hybridized carbons (Fsp3) is 0.375. The van der Waals surface area contributed by atoms with E-state index in [1.807, 2.05) is 37.4 Å². The monoisotopic (exact) mass is 363 g/mol. The number of para-hydroxylation sites is 2. The fourth-order valence-corrected chi connectivity index (χ4v) is 3.80. The van der Waals surface area contributed by atoms with Gasteiger partial charge in [-0.25, -0.2) is 23.0 Å². The molecule has 1 aliphatic rings. The Morgan fingerprint density at radius 2 is 2.08 bits per heavy atom. The largest absolute Gasteiger partial charge is 0.323 e. The van der Waals surface area contributed by atoms with Crippen LogP contribution in [0.4, 0.5) is 10.5 Å². The van der Waals surface area contributed by atoms with E-state index in [-0.39, 0.29) is 12.6 Å². The molecule has 1 aromatic carbocycles. The highest BCUT2D eigenvalue weighted by Crippen LogP contribution is 2.21. The smallest absolute Gasteiger partial charge is 0.321 e. The first-order chi connectivity index (χ1) is 11.8. The second-order valence-electron chi connectivity index (χ2n) is 6.15. The van der Waals surface area contributed by atoms with Crippen molar-refractivity contribution in [2.75, 3.05) is 18.4 Å². The Morgan fingerprint density at radius 3 is 2.76 bits per heavy atom. The number of rotatable bonds is 3. The second-order valence-corrected chi connectivity index (χ2v) is 7.99. The molecule has 25 heavy (non-hydrogen) atoms. The lowest BCUT2D eigenvalue weighted by atomic mass is 10.1. The highest BCUT2D eigenvalue weighted by Gasteiger charge is 2.30. The molecular formula is C16H21N5O3S. The number of amides is 2. The van der Waals surface area contributed by atoms with Gasteiger partial charge in [0.15, 0.2) is 0 Å². The number of primary sulfonamides is 1. The molecule has 0 aliphatic carbocycles. The standard InChI is InChI=1S/C16H21N5O3S/c1-12-8-10-21(19-12)15-7-3-2-6-14(15)18-16(22)20-9-4-5-13(11-20)25(17,23)24/h2-3,6-8,10,13H,4-5,9,11H2,1H3,(H,18,22)(H2,17,23,24)/t13-/m1/s1. The van der Waals surface area contributed by atoms with Gasteiger partial charge in [-0.15, -0.1) is 0 Å². The topological polar surface area (TPSA) is 110 Å². The lowest BCUT2D eigenvalue weighted by Crippen LogP contribution is -2.48. The molecule has 1 fully saturated rings. The van der Waals surface area contributed by atoms with Crippen molar-refractivity contribution in [3.8, 4) is 5.69 Å². The molecule has 1 aliphatic heterocycles. The summed E-state index contributed by atoms with van der Waals surface area (Å²) in [4.78, 5) is 14.1. The molecule has 0 bridgehead atoms. The summed E-state index contributed by atoms with van der Waals surface area (Å²) in [5, 5.41) is 11.7. The number of nitrogens with two attached hydrogens (primary N) is 1. The molecule has 0 radical (unpaired) electrons. The van der Waals surface area contributed by atoms with Gasteiger partial charge < -0.3 is 10.2 Å². The van der Waals surface area contributed by atoms with Crippen LogP contribution in [0.3, 0.4) is 0 Å². The van der Waals surface area contributed by atoms with E-state index in [9.17, 15) is 13.2 Å². The SMILES string of the molecule is Cc1ccn(-c2ccccc2NC(=O)N2CCC[C@@H](S(N)(=O)=O)C2)n1. The third-order valence-corrected chi connectivity index (χ3v) is 5.56. The van der Waals surface area contributed by atoms with Gasteiger partial charge in [0.1, 0.15) is 0 Å². The van der Waals surface area contributed by atoms with Gasteiger partial charge in [-0.05, 0) is 38.0 Å². The molecule has 1 saturated heterocycles. The molecule has 0 unspecified atom stereocenters. The lowest BCUT2D eigenvalue weighted by Gasteiger charge is -2.31. The molecule has 3 rings (SSSR count). The van der Waals surface area contributed by atoms with Crippen LogP contribution in [0.1, 0.15) is 18.5 Å². The summed E-state index contributed by atoms with van der Waals surface area (Å²) in [7, 11) is -3.65. The Morgan fingerprint density at radius 1 is 1.32 bits per heavy atom. The van der Waals surface area contributed by atoms with Crippen LogP contribution in [0.15, 0.2) is 36.5 Å². The van der Waals surface area contributed by atoms with E-state index in [1.54, 1.807) is 10.7 Å². The van der Waals surface area contributed by atoms with Crippen LogP contribution in [0.5, 0.6) is 0 Å². The van der Waals surface area contributed by atoms with Crippen molar-refractivity contribution in [2.45, 2.75) is 25.0 Å². The molecule has 1 aromatic heterocycles. The minimum Gasteiger partial charge on any atom is -0.323 e. The summed E-state index contributed by atoms with van der Waals surface area (Å²) in [6.07, 6.45) is 2.90. The van der Waals surface area contributed by atoms with Crippen molar-refractivity contribution in [3.05, 3.63) is 42.2 Å². The third kappa shape index (κ3) is 3.99. The summed E-state index contributed by atoms with van der Waals surface area (Å²) < 4.78 is 24.8. The number of hydrogen-bond acceptors (Lipinski definition) is 4. The number of carbonyl (C=O) groups is 1. The van der Waals surface area contributed by atoms with Gasteiger partial charge in [-0.2, -0.15) is 5.10 Å². The first-order valence-electron chi connectivity index (χ1n) is 8.04. The highest BCUT2D eigenvalue weighted by molar-refractivity contribution is 7.89. The number of nitrogens with zero attached hydrogens (tertiary/aromatic N) is 3. The summed E-state index contributed by atoms with van der Waals surface area (Å²) >= 11 is 0. The molecule has 0 saturated carbocycles. The van der Waals surface area contributed by atoms with E-state index < -0.39 is 15.3 Å². The Kier molecular flexibility index (Phi) is 4.78. The van der Waals surface area contributed by atoms with Crippen molar-refractivity contribution < 1.29 is 13.2 Å². The van der Waals surface area contributed by atoms with Crippen LogP contribution in [-0.4, -0.2) is 47.5 Å². The molecule has 0 spiro atoms. The number of hydrogen-bond donors (Lipinski definition) is 2. The Hall–Kier alpha value is -2.39. The van der Waals surface area contributed by atoms with Gasteiger partial charge in [0.2, 0.25) is 10.0 Å². The molecule has 9 heteroatoms. The van der Waals surface area contributed by atoms with Gasteiger partial charge in [-0.3, -0.25) is 0 Å². The Labute approximate surface area is 146 Å². The molecule has 2 aromatic rings. The first-order valence-corrected chi connectivity index (χ1v) is 9.65. The van der Waals surface area contributed by atoms with Crippen molar-refractivity contribution in [1.29, 1.82) is 0 Å². The minimum absolute atomic E-state index is 0.105. The first kappa shape index (κ1) is 17.4. The number of nitrogens with one attached hydrogen (secondary N) is 1. The highest BCUT2D eigenvalue weighted by atomic mass is 32.2. The molecule has 8 nitrogen and oxygen atoms in total. The van der Waals surface area contributed by atoms with Gasteiger partial charge in [-0.1, -0.05) is 12.1 Å². The van der Waals surface area contributed by atoms with Crippen molar-refractivity contribution >= 4 is 21.7 Å². The van der Waals surface area contributed by atoms with Crippen LogP contribution in [0.25, 0.3) is 5.69 Å². The van der Waals surface area contributed by atoms with E-state index in [0.29, 0.717) is 25.1 Å². The average Bonchev–Trinajstić information content (AvgIpc) is 3.01. The molecule has 3 N–H and O–H groups in total. The number of sulfonamides is 1. The zero-order valence-corrected chi connectivity index (χ0v) is 14.7. The van der Waals surface area contributed by atoms with Gasteiger partial charge in [0.05, 0.1) is 22.3 Å². The van der Waals surface area contributed by atoms with Crippen molar-refractivity contribution in [2.24, 2.45) is 5.14 Å². The van der Waals surface area contributed by atoms with Crippen LogP contribution in [0, 0.1) is 6.92 Å². The van der Waals surface area contributed by atoms with Gasteiger partial charge in [0.25, 0.3) is 0 Å². The fourth-order valence-electron chi connectivity index (χ4n) is 2.91. The summed E-state index contributed by atoms with van der Waals surface area (Å²) in [6.45, 7) is 2.49. The molecular weight excluding hydrogens is 342 g/mol. The van der Waals surface area contributed by atoms with E-state index in [2.05, 4.69) is 10.4 Å². The summed E-state index contributed by atoms with van der Waals surface area (Å²) in [5.41, 5.74) is 2.21. The van der Waals surface area contributed by atoms with Gasteiger partial charge >= 0.3 is 6.03 Å². The molecule has 2 amide bonds. The zero-order chi connectivity index (χ0) is 18.0. The molecule has 1 atom stereocenters. The van der Waals surface area contributed by atoms with Crippen molar-refractivity contribution in [1.82, 2.24) is 14.7 Å².